The Kier molecular flexibility index (Phi) is 6.09. The van der Waals surface area contributed by atoms with E-state index in [1.807, 2.05) is 6.92 Å². The van der Waals surface area contributed by atoms with E-state index < -0.39 is 5.54 Å². The lowest BCUT2D eigenvalue weighted by Gasteiger charge is -2.26. The van der Waals surface area contributed by atoms with Crippen molar-refractivity contribution < 1.29 is 9.53 Å². The van der Waals surface area contributed by atoms with Crippen LogP contribution in [0.2, 0.25) is 0 Å². The van der Waals surface area contributed by atoms with E-state index in [4.69, 9.17) is 10.5 Å². The minimum Gasteiger partial charge on any atom is -0.378 e. The Hall–Kier alpha value is -0.610. The van der Waals surface area contributed by atoms with Crippen molar-refractivity contribution in [2.75, 3.05) is 13.2 Å². The van der Waals surface area contributed by atoms with Crippen LogP contribution in [-0.2, 0) is 9.53 Å². The van der Waals surface area contributed by atoms with E-state index in [-0.39, 0.29) is 12.0 Å². The number of amides is 1. The first kappa shape index (κ1) is 15.4. The summed E-state index contributed by atoms with van der Waals surface area (Å²) in [7, 11) is 0. The molecule has 0 aromatic carbocycles. The zero-order valence-corrected chi connectivity index (χ0v) is 12.0. The van der Waals surface area contributed by atoms with Gasteiger partial charge in [-0.1, -0.05) is 20.8 Å². The second kappa shape index (κ2) is 7.10. The summed E-state index contributed by atoms with van der Waals surface area (Å²) in [5.74, 6) is 0.487. The number of hydrogen-bond donors (Lipinski definition) is 2. The quantitative estimate of drug-likeness (QED) is 0.651. The van der Waals surface area contributed by atoms with Crippen LogP contribution in [0.25, 0.3) is 0 Å². The van der Waals surface area contributed by atoms with Gasteiger partial charge < -0.3 is 15.8 Å². The highest BCUT2D eigenvalue weighted by Crippen LogP contribution is 2.32. The van der Waals surface area contributed by atoms with Crippen molar-refractivity contribution in [2.45, 2.75) is 64.5 Å². The van der Waals surface area contributed by atoms with Crippen molar-refractivity contribution in [3.63, 3.8) is 0 Å². The average molecular weight is 256 g/mol. The number of likely N-dealkylation sites (N-methyl/N-ethyl adjacent to an activating group) is 1. The summed E-state index contributed by atoms with van der Waals surface area (Å²) >= 11 is 0. The predicted octanol–water partition coefficient (Wildman–Crippen LogP) is 1.83. The molecule has 2 atom stereocenters. The van der Waals surface area contributed by atoms with Crippen LogP contribution in [0, 0.1) is 5.92 Å². The van der Waals surface area contributed by atoms with Crippen molar-refractivity contribution in [2.24, 2.45) is 11.7 Å². The summed E-state index contributed by atoms with van der Waals surface area (Å²) in [6, 6.07) is 0. The second-order valence-corrected chi connectivity index (χ2v) is 5.75. The number of primary amides is 1. The molecule has 2 unspecified atom stereocenters. The normalized spacial score (nSPS) is 27.9. The van der Waals surface area contributed by atoms with E-state index in [1.54, 1.807) is 0 Å². The molecule has 0 aromatic rings. The van der Waals surface area contributed by atoms with Crippen LogP contribution in [0.4, 0.5) is 0 Å². The van der Waals surface area contributed by atoms with E-state index in [9.17, 15) is 4.79 Å². The summed E-state index contributed by atoms with van der Waals surface area (Å²) in [5, 5.41) is 3.24. The predicted molar refractivity (Wildman–Crippen MR) is 73.3 cm³/mol. The number of ether oxygens (including phenoxy) is 1. The maximum Gasteiger partial charge on any atom is 0.237 e. The van der Waals surface area contributed by atoms with E-state index in [0.29, 0.717) is 0 Å². The molecular formula is C14H28N2O2. The number of nitrogens with one attached hydrogen (secondary N) is 1. The van der Waals surface area contributed by atoms with Crippen molar-refractivity contribution in [3.8, 4) is 0 Å². The van der Waals surface area contributed by atoms with Gasteiger partial charge in [0.1, 0.15) is 5.54 Å². The first-order chi connectivity index (χ1) is 8.50. The molecule has 0 aliphatic heterocycles. The summed E-state index contributed by atoms with van der Waals surface area (Å²) < 4.78 is 5.86. The Balaban J connectivity index is 2.32. The molecule has 4 heteroatoms. The molecule has 106 valence electrons. The van der Waals surface area contributed by atoms with Gasteiger partial charge in [-0.2, -0.15) is 0 Å². The number of hydrogen-bond acceptors (Lipinski definition) is 3. The fourth-order valence-corrected chi connectivity index (χ4v) is 2.69. The number of carbonyl (C=O) groups is 1. The molecule has 0 saturated heterocycles. The Morgan fingerprint density at radius 3 is 2.83 bits per heavy atom. The van der Waals surface area contributed by atoms with E-state index in [0.717, 1.165) is 44.8 Å². The average Bonchev–Trinajstić information content (AvgIpc) is 2.70. The van der Waals surface area contributed by atoms with Crippen LogP contribution < -0.4 is 11.1 Å². The molecule has 1 aliphatic rings. The van der Waals surface area contributed by atoms with Crippen LogP contribution in [0.15, 0.2) is 0 Å². The molecule has 0 radical (unpaired) electrons. The molecule has 0 bridgehead atoms. The molecular weight excluding hydrogens is 228 g/mol. The van der Waals surface area contributed by atoms with E-state index in [2.05, 4.69) is 19.2 Å². The topological polar surface area (TPSA) is 64.3 Å². The van der Waals surface area contributed by atoms with Crippen LogP contribution >= 0.6 is 0 Å². The van der Waals surface area contributed by atoms with Crippen LogP contribution in [0.1, 0.15) is 52.9 Å². The molecule has 4 nitrogen and oxygen atoms in total. The lowest BCUT2D eigenvalue weighted by atomic mass is 9.96. The highest BCUT2D eigenvalue weighted by Gasteiger charge is 2.43. The van der Waals surface area contributed by atoms with Gasteiger partial charge in [-0.3, -0.25) is 4.79 Å². The second-order valence-electron chi connectivity index (χ2n) is 5.75. The Labute approximate surface area is 111 Å². The fraction of sp³-hybridized carbons (Fsp3) is 0.929. The van der Waals surface area contributed by atoms with Gasteiger partial charge in [-0.15, -0.1) is 0 Å². The maximum absolute atomic E-state index is 11.6. The lowest BCUT2D eigenvalue weighted by molar-refractivity contribution is -0.124. The molecule has 1 amide bonds. The first-order valence-electron chi connectivity index (χ1n) is 7.16. The highest BCUT2D eigenvalue weighted by molar-refractivity contribution is 5.85. The largest absolute Gasteiger partial charge is 0.378 e. The smallest absolute Gasteiger partial charge is 0.237 e. The van der Waals surface area contributed by atoms with Gasteiger partial charge in [0.15, 0.2) is 0 Å². The molecule has 1 rings (SSSR count). The van der Waals surface area contributed by atoms with Gasteiger partial charge >= 0.3 is 0 Å². The van der Waals surface area contributed by atoms with Crippen molar-refractivity contribution in [1.29, 1.82) is 0 Å². The van der Waals surface area contributed by atoms with E-state index in [1.165, 1.54) is 6.42 Å². The third-order valence-electron chi connectivity index (χ3n) is 3.74. The van der Waals surface area contributed by atoms with Gasteiger partial charge in [0.25, 0.3) is 0 Å². The minimum absolute atomic E-state index is 0.184. The number of rotatable bonds is 8. The standard InChI is InChI=1S/C14H28N2O2/c1-4-16-14(13(15)17)8-7-12(10-14)18-9-5-6-11(2)3/h11-12,16H,4-10H2,1-3H3,(H2,15,17). The van der Waals surface area contributed by atoms with Gasteiger partial charge in [0.2, 0.25) is 5.91 Å². The van der Waals surface area contributed by atoms with Crippen LogP contribution in [0.5, 0.6) is 0 Å². The lowest BCUT2D eigenvalue weighted by Crippen LogP contribution is -2.53. The summed E-state index contributed by atoms with van der Waals surface area (Å²) in [5.41, 5.74) is 4.99. The molecule has 0 aromatic heterocycles. The number of carbonyl (C=O) groups excluding carboxylic acids is 1. The SMILES string of the molecule is CCNC1(C(N)=O)CCC(OCCCC(C)C)C1. The van der Waals surface area contributed by atoms with Crippen molar-refractivity contribution >= 4 is 5.91 Å². The Morgan fingerprint density at radius 1 is 1.56 bits per heavy atom. The summed E-state index contributed by atoms with van der Waals surface area (Å²) in [4.78, 5) is 11.6. The summed E-state index contributed by atoms with van der Waals surface area (Å²) in [6.07, 6.45) is 4.92. The number of nitrogens with two attached hydrogens (primary N) is 1. The van der Waals surface area contributed by atoms with Gasteiger partial charge in [-0.05, 0) is 38.1 Å². The minimum atomic E-state index is -0.530. The van der Waals surface area contributed by atoms with Crippen molar-refractivity contribution in [1.82, 2.24) is 5.32 Å². The molecule has 1 aliphatic carbocycles. The highest BCUT2D eigenvalue weighted by atomic mass is 16.5. The van der Waals surface area contributed by atoms with Gasteiger partial charge in [-0.25, -0.2) is 0 Å². The zero-order valence-electron chi connectivity index (χ0n) is 12.0. The van der Waals surface area contributed by atoms with Gasteiger partial charge in [0.05, 0.1) is 6.10 Å². The third kappa shape index (κ3) is 4.25. The zero-order chi connectivity index (χ0) is 13.6. The summed E-state index contributed by atoms with van der Waals surface area (Å²) in [6.45, 7) is 8.01. The van der Waals surface area contributed by atoms with Crippen LogP contribution in [-0.4, -0.2) is 30.7 Å². The van der Waals surface area contributed by atoms with E-state index >= 15 is 0 Å². The Bertz CT molecular complexity index is 269. The molecule has 3 N–H and O–H groups in total. The molecule has 1 saturated carbocycles. The van der Waals surface area contributed by atoms with Crippen molar-refractivity contribution in [3.05, 3.63) is 0 Å². The molecule has 18 heavy (non-hydrogen) atoms. The van der Waals surface area contributed by atoms with Gasteiger partial charge in [0, 0.05) is 13.0 Å². The fourth-order valence-electron chi connectivity index (χ4n) is 2.69. The first-order valence-corrected chi connectivity index (χ1v) is 7.16. The molecule has 0 heterocycles. The van der Waals surface area contributed by atoms with Crippen LogP contribution in [0.3, 0.4) is 0 Å². The monoisotopic (exact) mass is 256 g/mol. The maximum atomic E-state index is 11.6. The Morgan fingerprint density at radius 2 is 2.28 bits per heavy atom. The molecule has 1 fully saturated rings. The third-order valence-corrected chi connectivity index (χ3v) is 3.74. The molecule has 0 spiro atoms.